The third-order valence-electron chi connectivity index (χ3n) is 8.14. The summed E-state index contributed by atoms with van der Waals surface area (Å²) in [4.78, 5) is 22.9. The van der Waals surface area contributed by atoms with Crippen molar-refractivity contribution in [1.82, 2.24) is 19.4 Å². The molecule has 0 saturated carbocycles. The number of ether oxygens (including phenoxy) is 2. The van der Waals surface area contributed by atoms with Gasteiger partial charge in [0.25, 0.3) is 0 Å². The molecule has 4 heterocycles. The van der Waals surface area contributed by atoms with Gasteiger partial charge in [-0.25, -0.2) is 14.8 Å². The van der Waals surface area contributed by atoms with Gasteiger partial charge in [-0.15, -0.1) is 0 Å². The smallest absolute Gasteiger partial charge is 0.419 e. The molecule has 1 saturated heterocycles. The molecule has 0 aliphatic carbocycles. The van der Waals surface area contributed by atoms with E-state index in [0.29, 0.717) is 55.2 Å². The van der Waals surface area contributed by atoms with Crippen LogP contribution in [0.4, 0.5) is 13.2 Å². The Morgan fingerprint density at radius 3 is 2.57 bits per heavy atom. The Labute approximate surface area is 240 Å². The first-order chi connectivity index (χ1) is 20.1. The maximum atomic E-state index is 14.1. The lowest BCUT2D eigenvalue weighted by atomic mass is 9.91. The second-order valence-electron chi connectivity index (χ2n) is 11.0. The van der Waals surface area contributed by atoms with Crippen LogP contribution in [0.2, 0.25) is 0 Å². The molecule has 11 heteroatoms. The highest BCUT2D eigenvalue weighted by atomic mass is 19.4. The maximum absolute atomic E-state index is 14.1. The fourth-order valence-electron chi connectivity index (χ4n) is 5.60. The number of benzene rings is 2. The van der Waals surface area contributed by atoms with Gasteiger partial charge in [-0.3, -0.25) is 4.90 Å². The van der Waals surface area contributed by atoms with Crippen LogP contribution < -0.4 is 4.74 Å². The molecule has 2 aromatic heterocycles. The average molecular weight is 581 g/mol. The summed E-state index contributed by atoms with van der Waals surface area (Å²) >= 11 is 0. The zero-order valence-electron chi connectivity index (χ0n) is 23.3. The van der Waals surface area contributed by atoms with Crippen LogP contribution in [0.1, 0.15) is 63.5 Å². The summed E-state index contributed by atoms with van der Waals surface area (Å²) in [5, 5.41) is 9.47. The molecular formula is C31H31F3N4O4. The zero-order valence-corrected chi connectivity index (χ0v) is 23.3. The minimum absolute atomic E-state index is 0.00929. The fraction of sp³-hybridized carbons (Fsp3) is 0.387. The van der Waals surface area contributed by atoms with Gasteiger partial charge in [0.15, 0.2) is 11.3 Å². The van der Waals surface area contributed by atoms with E-state index in [1.807, 2.05) is 42.7 Å². The first-order valence-electron chi connectivity index (χ1n) is 13.9. The summed E-state index contributed by atoms with van der Waals surface area (Å²) in [5.74, 6) is -0.602. The SMILES string of the molecule is Cc1ccc(COc2cc3c(cc2C(F)(F)F)CCN(Cc2nc4ccc(C(=O)O)nc4n2C[C@@H]2CCO2)[C@H]3C)cc1. The number of hydrogen-bond acceptors (Lipinski definition) is 6. The van der Waals surface area contributed by atoms with Gasteiger partial charge in [0.2, 0.25) is 0 Å². The molecule has 0 amide bonds. The van der Waals surface area contributed by atoms with E-state index in [2.05, 4.69) is 9.88 Å². The van der Waals surface area contributed by atoms with Crippen LogP contribution in [0.3, 0.4) is 0 Å². The van der Waals surface area contributed by atoms with Gasteiger partial charge < -0.3 is 19.1 Å². The average Bonchev–Trinajstić information content (AvgIpc) is 3.27. The quantitative estimate of drug-likeness (QED) is 0.276. The molecule has 2 atom stereocenters. The standard InChI is InChI=1S/C31H31F3N4O4/c1-18-3-5-20(6-4-18)17-42-27-14-23-19(2)37(11-9-21(23)13-24(27)31(32,33)34)16-28-35-25-7-8-26(30(39)40)36-29(25)38(28)15-22-10-12-41-22/h3-8,13-14,19,22H,9-12,15-17H2,1-2H3,(H,39,40)/t19-,22-/m0/s1. The summed E-state index contributed by atoms with van der Waals surface area (Å²) in [6, 6.07) is 13.1. The van der Waals surface area contributed by atoms with Gasteiger partial charge in [-0.1, -0.05) is 29.8 Å². The Balaban J connectivity index is 1.30. The van der Waals surface area contributed by atoms with E-state index in [1.54, 1.807) is 6.07 Å². The molecule has 2 aliphatic rings. The van der Waals surface area contributed by atoms with Crippen molar-refractivity contribution >= 4 is 17.1 Å². The molecule has 0 radical (unpaired) electrons. The molecule has 1 fully saturated rings. The number of alkyl halides is 3. The van der Waals surface area contributed by atoms with Crippen LogP contribution in [0.15, 0.2) is 48.5 Å². The minimum atomic E-state index is -4.55. The summed E-state index contributed by atoms with van der Waals surface area (Å²) in [5.41, 5.74) is 3.51. The van der Waals surface area contributed by atoms with Crippen molar-refractivity contribution < 1.29 is 32.5 Å². The number of nitrogens with zero attached hydrogens (tertiary/aromatic N) is 4. The Kier molecular flexibility index (Phi) is 7.40. The lowest BCUT2D eigenvalue weighted by Crippen LogP contribution is -2.36. The van der Waals surface area contributed by atoms with Crippen molar-refractivity contribution in [3.8, 4) is 5.75 Å². The van der Waals surface area contributed by atoms with Gasteiger partial charge in [0.05, 0.1) is 24.8 Å². The van der Waals surface area contributed by atoms with E-state index in [-0.39, 0.29) is 30.2 Å². The molecule has 2 aliphatic heterocycles. The van der Waals surface area contributed by atoms with E-state index >= 15 is 0 Å². The van der Waals surface area contributed by atoms with Gasteiger partial charge in [-0.2, -0.15) is 13.2 Å². The number of imidazole rings is 1. The molecule has 1 N–H and O–H groups in total. The topological polar surface area (TPSA) is 89.7 Å². The Hall–Kier alpha value is -3.96. The van der Waals surface area contributed by atoms with Gasteiger partial charge in [0.1, 0.15) is 23.7 Å². The largest absolute Gasteiger partial charge is 0.488 e. The Morgan fingerprint density at radius 2 is 1.90 bits per heavy atom. The first kappa shape index (κ1) is 28.2. The molecule has 0 spiro atoms. The van der Waals surface area contributed by atoms with E-state index < -0.39 is 17.7 Å². The van der Waals surface area contributed by atoms with Crippen LogP contribution in [0, 0.1) is 6.92 Å². The van der Waals surface area contributed by atoms with Crippen molar-refractivity contribution in [1.29, 1.82) is 0 Å². The van der Waals surface area contributed by atoms with Gasteiger partial charge in [-0.05, 0) is 67.6 Å². The maximum Gasteiger partial charge on any atom is 0.419 e. The summed E-state index contributed by atoms with van der Waals surface area (Å²) in [7, 11) is 0. The van der Waals surface area contributed by atoms with Gasteiger partial charge in [0, 0.05) is 19.2 Å². The summed E-state index contributed by atoms with van der Waals surface area (Å²) < 4.78 is 55.5. The first-order valence-corrected chi connectivity index (χ1v) is 13.9. The number of pyridine rings is 1. The normalized spacial score (nSPS) is 19.0. The molecule has 0 unspecified atom stereocenters. The summed E-state index contributed by atoms with van der Waals surface area (Å²) in [6.07, 6.45) is -3.23. The molecule has 42 heavy (non-hydrogen) atoms. The van der Waals surface area contributed by atoms with E-state index in [4.69, 9.17) is 14.5 Å². The Bertz CT molecular complexity index is 1630. The number of carboxylic acids is 1. The van der Waals surface area contributed by atoms with Crippen LogP contribution in [-0.2, 0) is 37.0 Å². The van der Waals surface area contributed by atoms with E-state index in [1.165, 1.54) is 18.2 Å². The monoisotopic (exact) mass is 580 g/mol. The number of rotatable bonds is 8. The van der Waals surface area contributed by atoms with E-state index in [9.17, 15) is 23.1 Å². The second-order valence-corrected chi connectivity index (χ2v) is 11.0. The van der Waals surface area contributed by atoms with Crippen LogP contribution in [-0.4, -0.2) is 49.8 Å². The van der Waals surface area contributed by atoms with Crippen molar-refractivity contribution in [2.75, 3.05) is 13.2 Å². The molecule has 0 bridgehead atoms. The zero-order chi connectivity index (χ0) is 29.6. The van der Waals surface area contributed by atoms with Crippen LogP contribution in [0.25, 0.3) is 11.2 Å². The number of carboxylic acid groups (broad SMARTS) is 1. The highest BCUT2D eigenvalue weighted by Gasteiger charge is 2.37. The van der Waals surface area contributed by atoms with Crippen molar-refractivity contribution in [3.63, 3.8) is 0 Å². The highest BCUT2D eigenvalue weighted by molar-refractivity contribution is 5.88. The molecule has 8 nitrogen and oxygen atoms in total. The molecule has 2 aromatic carbocycles. The third kappa shape index (κ3) is 5.58. The molecule has 6 rings (SSSR count). The van der Waals surface area contributed by atoms with Crippen LogP contribution >= 0.6 is 0 Å². The number of aryl methyl sites for hydroxylation is 1. The Morgan fingerprint density at radius 1 is 1.14 bits per heavy atom. The van der Waals surface area contributed by atoms with Gasteiger partial charge >= 0.3 is 12.1 Å². The number of carbonyl (C=O) groups is 1. The van der Waals surface area contributed by atoms with Crippen LogP contribution in [0.5, 0.6) is 5.75 Å². The summed E-state index contributed by atoms with van der Waals surface area (Å²) in [6.45, 7) is 6.06. The molecule has 4 aromatic rings. The number of fused-ring (bicyclic) bond motifs is 2. The lowest BCUT2D eigenvalue weighted by Gasteiger charge is -2.36. The van der Waals surface area contributed by atoms with Crippen molar-refractivity contribution in [3.05, 3.63) is 87.9 Å². The number of aromatic carboxylic acids is 1. The van der Waals surface area contributed by atoms with Crippen molar-refractivity contribution in [2.45, 2.75) is 64.7 Å². The predicted molar refractivity (Wildman–Crippen MR) is 148 cm³/mol. The minimum Gasteiger partial charge on any atom is -0.488 e. The molecular weight excluding hydrogens is 549 g/mol. The van der Waals surface area contributed by atoms with E-state index in [0.717, 1.165) is 23.1 Å². The lowest BCUT2D eigenvalue weighted by molar-refractivity contribution is -0.139. The fourth-order valence-corrected chi connectivity index (χ4v) is 5.60. The highest BCUT2D eigenvalue weighted by Crippen LogP contribution is 2.42. The number of hydrogen-bond donors (Lipinski definition) is 1. The number of halogens is 3. The van der Waals surface area contributed by atoms with Crippen molar-refractivity contribution in [2.24, 2.45) is 0 Å². The molecule has 220 valence electrons. The third-order valence-corrected chi connectivity index (χ3v) is 8.14. The number of aromatic nitrogens is 3. The predicted octanol–water partition coefficient (Wildman–Crippen LogP) is 5.94. The second kappa shape index (κ2) is 11.0.